The Morgan fingerprint density at radius 3 is 2.73 bits per heavy atom. The predicted molar refractivity (Wildman–Crippen MR) is 85.0 cm³/mol. The highest BCUT2D eigenvalue weighted by molar-refractivity contribution is 6.35. The quantitative estimate of drug-likeness (QED) is 0.780. The molecule has 5 nitrogen and oxygen atoms in total. The van der Waals surface area contributed by atoms with Crippen LogP contribution in [0.3, 0.4) is 0 Å². The van der Waals surface area contributed by atoms with Gasteiger partial charge in [-0.3, -0.25) is 0 Å². The van der Waals surface area contributed by atoms with Crippen molar-refractivity contribution in [2.24, 2.45) is 0 Å². The molecule has 0 aliphatic rings. The molecular formula is C15H16Cl2N2O3. The molecule has 1 heterocycles. The molecule has 2 aromatic rings. The van der Waals surface area contributed by atoms with E-state index in [9.17, 15) is 9.90 Å². The fourth-order valence-corrected chi connectivity index (χ4v) is 2.30. The lowest BCUT2D eigenvalue weighted by Crippen LogP contribution is -2.43. The summed E-state index contributed by atoms with van der Waals surface area (Å²) in [5.74, 6) is 0.383. The van der Waals surface area contributed by atoms with Crippen LogP contribution in [0.25, 0.3) is 0 Å². The van der Waals surface area contributed by atoms with Crippen molar-refractivity contribution in [1.29, 1.82) is 0 Å². The molecule has 118 valence electrons. The Hall–Kier alpha value is -1.69. The average Bonchev–Trinajstić information content (AvgIpc) is 2.99. The lowest BCUT2D eigenvalue weighted by molar-refractivity contribution is 0.0367. The van der Waals surface area contributed by atoms with Crippen LogP contribution < -0.4 is 10.6 Å². The highest BCUT2D eigenvalue weighted by atomic mass is 35.5. The van der Waals surface area contributed by atoms with Gasteiger partial charge in [-0.05, 0) is 36.8 Å². The maximum absolute atomic E-state index is 11.8. The Morgan fingerprint density at radius 1 is 1.32 bits per heavy atom. The first kappa shape index (κ1) is 16.7. The highest BCUT2D eigenvalue weighted by Crippen LogP contribution is 2.21. The van der Waals surface area contributed by atoms with Gasteiger partial charge < -0.3 is 20.2 Å². The van der Waals surface area contributed by atoms with E-state index in [2.05, 4.69) is 10.6 Å². The number of carbonyl (C=O) groups excluding carboxylic acids is 1. The number of amides is 2. The third-order valence-electron chi connectivity index (χ3n) is 3.10. The monoisotopic (exact) mass is 342 g/mol. The molecule has 2 rings (SSSR count). The fourth-order valence-electron chi connectivity index (χ4n) is 1.83. The Morgan fingerprint density at radius 2 is 2.09 bits per heavy atom. The Labute approximate surface area is 138 Å². The van der Waals surface area contributed by atoms with Crippen molar-refractivity contribution < 1.29 is 14.3 Å². The lowest BCUT2D eigenvalue weighted by Gasteiger charge is -2.21. The van der Waals surface area contributed by atoms with Crippen LogP contribution in [0, 0.1) is 0 Å². The molecule has 1 aromatic carbocycles. The van der Waals surface area contributed by atoms with Gasteiger partial charge in [-0.25, -0.2) is 4.79 Å². The van der Waals surface area contributed by atoms with Crippen molar-refractivity contribution in [3.63, 3.8) is 0 Å². The molecule has 3 N–H and O–H groups in total. The summed E-state index contributed by atoms with van der Waals surface area (Å²) in [5, 5.41) is 16.5. The summed E-state index contributed by atoms with van der Waals surface area (Å²) in [4.78, 5) is 11.8. The van der Waals surface area contributed by atoms with Crippen LogP contribution in [-0.2, 0) is 12.1 Å². The largest absolute Gasteiger partial charge is 0.466 e. The summed E-state index contributed by atoms with van der Waals surface area (Å²) in [7, 11) is 0. The first-order chi connectivity index (χ1) is 10.4. The van der Waals surface area contributed by atoms with Gasteiger partial charge in [0.1, 0.15) is 11.4 Å². The standard InChI is InChI=1S/C15H16Cl2N2O3/c1-15(21,13-3-2-6-22-13)9-19-14(20)18-8-10-4-5-11(16)7-12(10)17/h2-7,21H,8-9H2,1H3,(H2,18,19,20). The minimum Gasteiger partial charge on any atom is -0.466 e. The number of furan rings is 1. The van der Waals surface area contributed by atoms with Gasteiger partial charge in [0, 0.05) is 16.6 Å². The smallest absolute Gasteiger partial charge is 0.315 e. The molecule has 1 atom stereocenters. The van der Waals surface area contributed by atoms with E-state index in [0.717, 1.165) is 5.56 Å². The molecule has 0 aliphatic carbocycles. The van der Waals surface area contributed by atoms with Crippen LogP contribution >= 0.6 is 23.2 Å². The average molecular weight is 343 g/mol. The topological polar surface area (TPSA) is 74.5 Å². The molecule has 0 radical (unpaired) electrons. The van der Waals surface area contributed by atoms with E-state index < -0.39 is 11.6 Å². The van der Waals surface area contributed by atoms with Gasteiger partial charge in [0.25, 0.3) is 0 Å². The summed E-state index contributed by atoms with van der Waals surface area (Å²) in [6.07, 6.45) is 1.46. The number of aliphatic hydroxyl groups is 1. The summed E-state index contributed by atoms with van der Waals surface area (Å²) < 4.78 is 5.14. The second kappa shape index (κ2) is 7.05. The molecule has 1 aromatic heterocycles. The fraction of sp³-hybridized carbons (Fsp3) is 0.267. The molecule has 22 heavy (non-hydrogen) atoms. The molecule has 0 saturated heterocycles. The minimum atomic E-state index is -1.28. The van der Waals surface area contributed by atoms with Crippen LogP contribution in [0.1, 0.15) is 18.2 Å². The Bertz CT molecular complexity index is 642. The van der Waals surface area contributed by atoms with Gasteiger partial charge in [-0.2, -0.15) is 0 Å². The molecule has 0 bridgehead atoms. The minimum absolute atomic E-state index is 0.0146. The van der Waals surface area contributed by atoms with Crippen LogP contribution in [0.2, 0.25) is 10.0 Å². The van der Waals surface area contributed by atoms with Gasteiger partial charge in [0.05, 0.1) is 12.8 Å². The first-order valence-electron chi connectivity index (χ1n) is 6.60. The highest BCUT2D eigenvalue weighted by Gasteiger charge is 2.26. The van der Waals surface area contributed by atoms with Crippen molar-refractivity contribution in [2.45, 2.75) is 19.1 Å². The molecular weight excluding hydrogens is 327 g/mol. The summed E-state index contributed by atoms with van der Waals surface area (Å²) in [6.45, 7) is 1.83. The molecule has 7 heteroatoms. The predicted octanol–water partition coefficient (Wildman–Crippen LogP) is 3.29. The maximum atomic E-state index is 11.8. The van der Waals surface area contributed by atoms with Crippen LogP contribution in [0.5, 0.6) is 0 Å². The normalized spacial score (nSPS) is 13.5. The number of urea groups is 1. The number of rotatable bonds is 5. The van der Waals surface area contributed by atoms with Crippen molar-refractivity contribution in [3.8, 4) is 0 Å². The van der Waals surface area contributed by atoms with Gasteiger partial charge in [0.2, 0.25) is 0 Å². The second-order valence-electron chi connectivity index (χ2n) is 5.02. The molecule has 0 spiro atoms. The van der Waals surface area contributed by atoms with E-state index >= 15 is 0 Å². The third kappa shape index (κ3) is 4.40. The molecule has 2 amide bonds. The number of hydrogen-bond acceptors (Lipinski definition) is 3. The Kier molecular flexibility index (Phi) is 5.34. The zero-order valence-electron chi connectivity index (χ0n) is 11.9. The van der Waals surface area contributed by atoms with Crippen LogP contribution in [0.15, 0.2) is 41.0 Å². The number of carbonyl (C=O) groups is 1. The van der Waals surface area contributed by atoms with Crippen LogP contribution in [0.4, 0.5) is 4.79 Å². The van der Waals surface area contributed by atoms with Crippen molar-refractivity contribution in [3.05, 3.63) is 58.0 Å². The van der Waals surface area contributed by atoms with E-state index in [4.69, 9.17) is 27.6 Å². The van der Waals surface area contributed by atoms with E-state index in [0.29, 0.717) is 15.8 Å². The van der Waals surface area contributed by atoms with Crippen molar-refractivity contribution >= 4 is 29.2 Å². The number of nitrogens with one attached hydrogen (secondary N) is 2. The van der Waals surface area contributed by atoms with Gasteiger partial charge in [-0.1, -0.05) is 29.3 Å². The van der Waals surface area contributed by atoms with E-state index in [1.807, 2.05) is 0 Å². The van der Waals surface area contributed by atoms with E-state index in [1.54, 1.807) is 37.3 Å². The number of halogens is 2. The SMILES string of the molecule is CC(O)(CNC(=O)NCc1ccc(Cl)cc1Cl)c1ccco1. The molecule has 0 saturated carbocycles. The Balaban J connectivity index is 1.83. The summed E-state index contributed by atoms with van der Waals surface area (Å²) in [6, 6.07) is 7.95. The zero-order valence-corrected chi connectivity index (χ0v) is 13.4. The maximum Gasteiger partial charge on any atom is 0.315 e. The van der Waals surface area contributed by atoms with Gasteiger partial charge in [0.15, 0.2) is 0 Å². The third-order valence-corrected chi connectivity index (χ3v) is 3.69. The van der Waals surface area contributed by atoms with Crippen molar-refractivity contribution in [2.75, 3.05) is 6.54 Å². The summed E-state index contributed by atoms with van der Waals surface area (Å²) >= 11 is 11.8. The van der Waals surface area contributed by atoms with Crippen LogP contribution in [-0.4, -0.2) is 17.7 Å². The van der Waals surface area contributed by atoms with Gasteiger partial charge >= 0.3 is 6.03 Å². The summed E-state index contributed by atoms with van der Waals surface area (Å²) in [5.41, 5.74) is -0.530. The number of hydrogen-bond donors (Lipinski definition) is 3. The van der Waals surface area contributed by atoms with E-state index in [1.165, 1.54) is 6.26 Å². The second-order valence-corrected chi connectivity index (χ2v) is 5.87. The zero-order chi connectivity index (χ0) is 16.2. The van der Waals surface area contributed by atoms with Crippen molar-refractivity contribution in [1.82, 2.24) is 10.6 Å². The van der Waals surface area contributed by atoms with E-state index in [-0.39, 0.29) is 13.1 Å². The van der Waals surface area contributed by atoms with Gasteiger partial charge in [-0.15, -0.1) is 0 Å². The molecule has 1 unspecified atom stereocenters. The number of benzene rings is 1. The molecule has 0 aliphatic heterocycles. The first-order valence-corrected chi connectivity index (χ1v) is 7.36. The molecule has 0 fully saturated rings. The lowest BCUT2D eigenvalue weighted by atomic mass is 10.0.